The maximum Gasteiger partial charge on any atom is 0.347 e. The van der Waals surface area contributed by atoms with Crippen LogP contribution in [0.2, 0.25) is 0 Å². The van der Waals surface area contributed by atoms with Gasteiger partial charge in [0, 0.05) is 18.8 Å². The first-order valence-electron chi connectivity index (χ1n) is 5.59. The molecule has 0 amide bonds. The minimum Gasteiger partial charge on any atom is -0.496 e. The molecule has 0 spiro atoms. The molecule has 1 aromatic carbocycles. The van der Waals surface area contributed by atoms with Gasteiger partial charge in [0.05, 0.1) is 17.3 Å². The highest BCUT2D eigenvalue weighted by Gasteiger charge is 2.16. The first kappa shape index (κ1) is 14.3. The van der Waals surface area contributed by atoms with E-state index in [-0.39, 0.29) is 11.3 Å². The van der Waals surface area contributed by atoms with Crippen LogP contribution in [0.1, 0.15) is 10.4 Å². The molecule has 6 nitrogen and oxygen atoms in total. The average Bonchev–Trinajstić information content (AvgIpc) is 2.41. The molecule has 104 valence electrons. The Kier molecular flexibility index (Phi) is 3.89. The van der Waals surface area contributed by atoms with Crippen LogP contribution in [0.3, 0.4) is 0 Å². The molecule has 0 radical (unpaired) electrons. The first-order valence-corrected chi connectivity index (χ1v) is 6.38. The third-order valence-corrected chi connectivity index (χ3v) is 3.36. The van der Waals surface area contributed by atoms with Gasteiger partial charge in [-0.3, -0.25) is 0 Å². The van der Waals surface area contributed by atoms with Gasteiger partial charge in [-0.1, -0.05) is 0 Å². The fourth-order valence-corrected chi connectivity index (χ4v) is 2.28. The van der Waals surface area contributed by atoms with Gasteiger partial charge in [0.15, 0.2) is 0 Å². The molecule has 7 heteroatoms. The molecule has 0 saturated carbocycles. The van der Waals surface area contributed by atoms with Crippen molar-refractivity contribution < 1.29 is 14.6 Å². The number of halogens is 1. The Morgan fingerprint density at radius 3 is 2.70 bits per heavy atom. The number of aryl methyl sites for hydroxylation is 1. The number of carboxylic acids is 1. The van der Waals surface area contributed by atoms with Crippen LogP contribution < -0.4 is 10.4 Å². The summed E-state index contributed by atoms with van der Waals surface area (Å²) in [7, 11) is 2.98. The molecule has 1 N–H and O–H groups in total. The highest BCUT2D eigenvalue weighted by molar-refractivity contribution is 9.10. The normalized spacial score (nSPS) is 10.3. The molecule has 0 bridgehead atoms. The summed E-state index contributed by atoms with van der Waals surface area (Å²) in [4.78, 5) is 26.7. The van der Waals surface area contributed by atoms with Crippen LogP contribution in [-0.2, 0) is 7.05 Å². The molecule has 0 atom stereocenters. The van der Waals surface area contributed by atoms with Crippen molar-refractivity contribution in [2.24, 2.45) is 7.05 Å². The Morgan fingerprint density at radius 2 is 2.15 bits per heavy atom. The van der Waals surface area contributed by atoms with E-state index in [0.717, 1.165) is 4.57 Å². The van der Waals surface area contributed by atoms with Gasteiger partial charge in [-0.2, -0.15) is 4.98 Å². The molecule has 2 rings (SSSR count). The smallest absolute Gasteiger partial charge is 0.347 e. The van der Waals surface area contributed by atoms with Crippen molar-refractivity contribution in [2.45, 2.75) is 0 Å². The van der Waals surface area contributed by atoms with Gasteiger partial charge in [-0.15, -0.1) is 0 Å². The number of ether oxygens (including phenoxy) is 1. The third-order valence-electron chi connectivity index (χ3n) is 2.74. The van der Waals surface area contributed by atoms with Gasteiger partial charge >= 0.3 is 11.7 Å². The van der Waals surface area contributed by atoms with E-state index in [0.29, 0.717) is 15.8 Å². The standard InChI is InChI=1S/C13H11BrN2O4/c1-16-6-8(12(17)18)11(15-13(16)19)7-3-4-10(20-2)9(14)5-7/h3-6H,1-2H3,(H,17,18). The largest absolute Gasteiger partial charge is 0.496 e. The number of hydrogen-bond donors (Lipinski definition) is 1. The van der Waals surface area contributed by atoms with Crippen molar-refractivity contribution >= 4 is 21.9 Å². The number of carboxylic acid groups (broad SMARTS) is 1. The zero-order valence-corrected chi connectivity index (χ0v) is 12.3. The molecule has 1 heterocycles. The van der Waals surface area contributed by atoms with Crippen molar-refractivity contribution in [3.05, 3.63) is 44.9 Å². The van der Waals surface area contributed by atoms with E-state index in [1.54, 1.807) is 18.2 Å². The molecule has 0 aliphatic carbocycles. The van der Waals surface area contributed by atoms with E-state index in [4.69, 9.17) is 4.74 Å². The summed E-state index contributed by atoms with van der Waals surface area (Å²) in [5.41, 5.74) is 0.0952. The van der Waals surface area contributed by atoms with E-state index in [1.807, 2.05) is 0 Å². The number of aromatic carboxylic acids is 1. The lowest BCUT2D eigenvalue weighted by atomic mass is 10.1. The van der Waals surface area contributed by atoms with E-state index in [2.05, 4.69) is 20.9 Å². The Labute approximate surface area is 122 Å². The number of rotatable bonds is 3. The minimum atomic E-state index is -1.14. The zero-order valence-electron chi connectivity index (χ0n) is 10.8. The molecule has 1 aromatic heterocycles. The average molecular weight is 339 g/mol. The van der Waals surface area contributed by atoms with E-state index >= 15 is 0 Å². The second-order valence-electron chi connectivity index (χ2n) is 4.05. The summed E-state index contributed by atoms with van der Waals surface area (Å²) < 4.78 is 6.89. The summed E-state index contributed by atoms with van der Waals surface area (Å²) in [5, 5.41) is 9.22. The van der Waals surface area contributed by atoms with Gasteiger partial charge in [0.2, 0.25) is 0 Å². The molecule has 20 heavy (non-hydrogen) atoms. The second kappa shape index (κ2) is 5.46. The highest BCUT2D eigenvalue weighted by atomic mass is 79.9. The molecule has 0 unspecified atom stereocenters. The summed E-state index contributed by atoms with van der Waals surface area (Å²) in [5.74, 6) is -0.538. The van der Waals surface area contributed by atoms with Crippen LogP contribution >= 0.6 is 15.9 Å². The Balaban J connectivity index is 2.68. The van der Waals surface area contributed by atoms with Crippen LogP contribution in [0.25, 0.3) is 11.3 Å². The highest BCUT2D eigenvalue weighted by Crippen LogP contribution is 2.30. The fraction of sp³-hybridized carbons (Fsp3) is 0.154. The molecule has 0 aliphatic heterocycles. The molecular formula is C13H11BrN2O4. The van der Waals surface area contributed by atoms with Gasteiger partial charge in [0.25, 0.3) is 0 Å². The van der Waals surface area contributed by atoms with Crippen molar-refractivity contribution in [3.8, 4) is 17.0 Å². The zero-order chi connectivity index (χ0) is 14.9. The first-order chi connectivity index (χ1) is 9.43. The maximum absolute atomic E-state index is 11.6. The van der Waals surface area contributed by atoms with Crippen molar-refractivity contribution in [1.82, 2.24) is 9.55 Å². The monoisotopic (exact) mass is 338 g/mol. The number of benzene rings is 1. The molecule has 0 saturated heterocycles. The molecule has 0 aliphatic rings. The number of hydrogen-bond acceptors (Lipinski definition) is 4. The maximum atomic E-state index is 11.6. The van der Waals surface area contributed by atoms with E-state index in [9.17, 15) is 14.7 Å². The van der Waals surface area contributed by atoms with Crippen LogP contribution in [-0.4, -0.2) is 27.7 Å². The lowest BCUT2D eigenvalue weighted by Crippen LogP contribution is -2.22. The summed E-state index contributed by atoms with van der Waals surface area (Å²) >= 11 is 3.32. The summed E-state index contributed by atoms with van der Waals surface area (Å²) in [6, 6.07) is 4.98. The van der Waals surface area contributed by atoms with Crippen molar-refractivity contribution in [1.29, 1.82) is 0 Å². The molecule has 2 aromatic rings. The van der Waals surface area contributed by atoms with Crippen LogP contribution in [0.5, 0.6) is 5.75 Å². The fourth-order valence-electron chi connectivity index (χ4n) is 1.73. The lowest BCUT2D eigenvalue weighted by molar-refractivity contribution is 0.0696. The summed E-state index contributed by atoms with van der Waals surface area (Å²) in [6.07, 6.45) is 1.26. The number of aromatic nitrogens is 2. The topological polar surface area (TPSA) is 81.4 Å². The van der Waals surface area contributed by atoms with Gasteiger partial charge in [-0.25, -0.2) is 9.59 Å². The Hall–Kier alpha value is -2.15. The summed E-state index contributed by atoms with van der Waals surface area (Å²) in [6.45, 7) is 0. The van der Waals surface area contributed by atoms with Crippen molar-refractivity contribution in [2.75, 3.05) is 7.11 Å². The van der Waals surface area contributed by atoms with Crippen LogP contribution in [0.4, 0.5) is 0 Å². The quantitative estimate of drug-likeness (QED) is 0.924. The van der Waals surface area contributed by atoms with E-state index in [1.165, 1.54) is 20.4 Å². The van der Waals surface area contributed by atoms with E-state index < -0.39 is 11.7 Å². The number of carbonyl (C=O) groups is 1. The van der Waals surface area contributed by atoms with Gasteiger partial charge < -0.3 is 14.4 Å². The van der Waals surface area contributed by atoms with Gasteiger partial charge in [0.1, 0.15) is 11.3 Å². The Morgan fingerprint density at radius 1 is 1.45 bits per heavy atom. The van der Waals surface area contributed by atoms with Crippen molar-refractivity contribution in [3.63, 3.8) is 0 Å². The predicted molar refractivity (Wildman–Crippen MR) is 76.1 cm³/mol. The van der Waals surface area contributed by atoms with Gasteiger partial charge in [-0.05, 0) is 34.1 Å². The SMILES string of the molecule is COc1ccc(-c2nc(=O)n(C)cc2C(=O)O)cc1Br. The molecular weight excluding hydrogens is 328 g/mol. The van der Waals surface area contributed by atoms with Crippen LogP contribution in [0.15, 0.2) is 33.7 Å². The van der Waals surface area contributed by atoms with Crippen LogP contribution in [0, 0.1) is 0 Å². The predicted octanol–water partition coefficient (Wildman–Crippen LogP) is 1.92. The lowest BCUT2D eigenvalue weighted by Gasteiger charge is -2.09. The number of nitrogens with zero attached hydrogens (tertiary/aromatic N) is 2. The third kappa shape index (κ3) is 2.57. The molecule has 0 fully saturated rings. The second-order valence-corrected chi connectivity index (χ2v) is 4.91. The Bertz CT molecular complexity index is 740. The minimum absolute atomic E-state index is 0.0378. The number of methoxy groups -OCH3 is 1.